The number of rotatable bonds is 4. The molecule has 1 aromatic heterocycles. The highest BCUT2D eigenvalue weighted by Gasteiger charge is 2.10. The van der Waals surface area contributed by atoms with E-state index in [1.807, 2.05) is 5.40 Å². The maximum atomic E-state index is 12.6. The zero-order valence-corrected chi connectivity index (χ0v) is 15.1. The molecule has 1 N–H and O–H groups in total. The van der Waals surface area contributed by atoms with Crippen LogP contribution in [0, 0.1) is 10.7 Å². The predicted molar refractivity (Wildman–Crippen MR) is 100 cm³/mol. The third-order valence-electron chi connectivity index (χ3n) is 3.74. The Labute approximate surface area is 156 Å². The molecule has 0 fully saturated rings. The summed E-state index contributed by atoms with van der Waals surface area (Å²) in [5.41, 5.74) is 0.341. The standard InChI is InChI=1S/C17H11Cl2N3O2S/c18-11-2-1-10(14(19)7-11)5-6-22-16(23)13-4-3-12(25-9-20)8-15(13)21-17(22)24/h1-4,7-8H,5-6H2,(H,21,24). The van der Waals surface area contributed by atoms with E-state index in [2.05, 4.69) is 4.98 Å². The van der Waals surface area contributed by atoms with Gasteiger partial charge in [0.15, 0.2) is 0 Å². The molecule has 126 valence electrons. The first-order valence-corrected chi connectivity index (χ1v) is 8.83. The molecule has 3 rings (SSSR count). The second kappa shape index (κ2) is 7.36. The van der Waals surface area contributed by atoms with E-state index in [4.69, 9.17) is 28.5 Å². The maximum Gasteiger partial charge on any atom is 0.328 e. The normalized spacial score (nSPS) is 10.8. The van der Waals surface area contributed by atoms with Gasteiger partial charge in [0.05, 0.1) is 10.9 Å². The fraction of sp³-hybridized carbons (Fsp3) is 0.118. The highest BCUT2D eigenvalue weighted by Crippen LogP contribution is 2.22. The summed E-state index contributed by atoms with van der Waals surface area (Å²) in [6.07, 6.45) is 0.423. The smallest absolute Gasteiger partial charge is 0.307 e. The van der Waals surface area contributed by atoms with Crippen molar-refractivity contribution in [2.45, 2.75) is 17.9 Å². The first-order chi connectivity index (χ1) is 12.0. The van der Waals surface area contributed by atoms with E-state index in [-0.39, 0.29) is 12.1 Å². The molecule has 3 aromatic rings. The Bertz CT molecular complexity index is 1120. The van der Waals surface area contributed by atoms with Crippen LogP contribution < -0.4 is 11.2 Å². The van der Waals surface area contributed by atoms with Crippen molar-refractivity contribution in [2.75, 3.05) is 0 Å². The van der Waals surface area contributed by atoms with Crippen LogP contribution in [0.1, 0.15) is 5.56 Å². The second-order valence-corrected chi connectivity index (χ2v) is 6.98. The van der Waals surface area contributed by atoms with Gasteiger partial charge in [0.1, 0.15) is 5.40 Å². The molecule has 0 saturated heterocycles. The van der Waals surface area contributed by atoms with Gasteiger partial charge in [-0.2, -0.15) is 5.26 Å². The lowest BCUT2D eigenvalue weighted by molar-refractivity contribution is 0.636. The molecule has 0 aliphatic carbocycles. The van der Waals surface area contributed by atoms with E-state index < -0.39 is 5.69 Å². The van der Waals surface area contributed by atoms with E-state index in [0.717, 1.165) is 21.9 Å². The van der Waals surface area contributed by atoms with Crippen LogP contribution in [0.15, 0.2) is 50.9 Å². The number of H-pyrrole nitrogens is 1. The summed E-state index contributed by atoms with van der Waals surface area (Å²) in [4.78, 5) is 28.2. The van der Waals surface area contributed by atoms with Crippen molar-refractivity contribution in [1.29, 1.82) is 5.26 Å². The highest BCUT2D eigenvalue weighted by atomic mass is 35.5. The first kappa shape index (κ1) is 17.6. The summed E-state index contributed by atoms with van der Waals surface area (Å²) in [6.45, 7) is 0.195. The largest absolute Gasteiger partial charge is 0.328 e. The second-order valence-electron chi connectivity index (χ2n) is 5.27. The van der Waals surface area contributed by atoms with Crippen LogP contribution in [0.3, 0.4) is 0 Å². The molecule has 25 heavy (non-hydrogen) atoms. The fourth-order valence-corrected chi connectivity index (χ4v) is 3.43. The van der Waals surface area contributed by atoms with Crippen LogP contribution >= 0.6 is 35.0 Å². The monoisotopic (exact) mass is 391 g/mol. The molecule has 0 bridgehead atoms. The van der Waals surface area contributed by atoms with Gasteiger partial charge in [0, 0.05) is 21.5 Å². The molecule has 5 nitrogen and oxygen atoms in total. The van der Waals surface area contributed by atoms with Crippen LogP contribution in [-0.2, 0) is 13.0 Å². The lowest BCUT2D eigenvalue weighted by Gasteiger charge is -2.08. The molecule has 0 aliphatic heterocycles. The molecular formula is C17H11Cl2N3O2S. The molecule has 8 heteroatoms. The van der Waals surface area contributed by atoms with Gasteiger partial charge in [-0.1, -0.05) is 29.3 Å². The summed E-state index contributed by atoms with van der Waals surface area (Å²) in [7, 11) is 0. The number of nitriles is 1. The van der Waals surface area contributed by atoms with Crippen LogP contribution in [0.5, 0.6) is 0 Å². The number of nitrogens with zero attached hydrogens (tertiary/aromatic N) is 2. The number of halogens is 2. The molecule has 0 saturated carbocycles. The van der Waals surface area contributed by atoms with E-state index in [0.29, 0.717) is 32.3 Å². The highest BCUT2D eigenvalue weighted by molar-refractivity contribution is 8.03. The summed E-state index contributed by atoms with van der Waals surface area (Å²) in [5.74, 6) is 0. The average molecular weight is 392 g/mol. The predicted octanol–water partition coefficient (Wildman–Crippen LogP) is 3.81. The van der Waals surface area contributed by atoms with Crippen molar-refractivity contribution < 1.29 is 0 Å². The first-order valence-electron chi connectivity index (χ1n) is 7.26. The van der Waals surface area contributed by atoms with Crippen LogP contribution in [0.2, 0.25) is 10.0 Å². The Kier molecular flexibility index (Phi) is 5.19. The quantitative estimate of drug-likeness (QED) is 0.541. The Balaban J connectivity index is 1.97. The molecule has 0 spiro atoms. The van der Waals surface area contributed by atoms with Gasteiger partial charge in [0.2, 0.25) is 0 Å². The molecule has 0 unspecified atom stereocenters. The van der Waals surface area contributed by atoms with Gasteiger partial charge in [-0.15, -0.1) is 0 Å². The van der Waals surface area contributed by atoms with Crippen molar-refractivity contribution in [3.05, 3.63) is 72.8 Å². The number of nitrogens with one attached hydrogen (secondary N) is 1. The van der Waals surface area contributed by atoms with Gasteiger partial charge in [-0.3, -0.25) is 9.36 Å². The lowest BCUT2D eigenvalue weighted by Crippen LogP contribution is -2.35. The number of thioether (sulfide) groups is 1. The zero-order valence-electron chi connectivity index (χ0n) is 12.8. The topological polar surface area (TPSA) is 78.7 Å². The summed E-state index contributed by atoms with van der Waals surface area (Å²) >= 11 is 13.0. The van der Waals surface area contributed by atoms with Crippen LogP contribution in [-0.4, -0.2) is 9.55 Å². The number of aryl methyl sites for hydroxylation is 1. The van der Waals surface area contributed by atoms with Gasteiger partial charge < -0.3 is 4.98 Å². The Morgan fingerprint density at radius 3 is 2.68 bits per heavy atom. The SMILES string of the molecule is N#CSc1ccc2c(=O)n(CCc3ccc(Cl)cc3Cl)c(=O)[nH]c2c1. The Morgan fingerprint density at radius 1 is 1.16 bits per heavy atom. The molecule has 2 aromatic carbocycles. The van der Waals surface area contributed by atoms with E-state index in [1.54, 1.807) is 36.4 Å². The van der Waals surface area contributed by atoms with Crippen molar-refractivity contribution in [3.8, 4) is 5.40 Å². The lowest BCUT2D eigenvalue weighted by atomic mass is 10.1. The molecular weight excluding hydrogens is 381 g/mol. The third kappa shape index (κ3) is 3.74. The summed E-state index contributed by atoms with van der Waals surface area (Å²) in [5, 5.41) is 12.1. The number of thiocyanates is 1. The molecule has 0 aliphatic rings. The number of aromatic nitrogens is 2. The summed E-state index contributed by atoms with van der Waals surface area (Å²) < 4.78 is 1.14. The van der Waals surface area contributed by atoms with Gasteiger partial charge >= 0.3 is 5.69 Å². The molecule has 0 radical (unpaired) electrons. The molecule has 0 amide bonds. The minimum Gasteiger partial charge on any atom is -0.307 e. The van der Waals surface area contributed by atoms with Crippen molar-refractivity contribution in [2.24, 2.45) is 0 Å². The average Bonchev–Trinajstić information content (AvgIpc) is 2.56. The van der Waals surface area contributed by atoms with Crippen molar-refractivity contribution in [1.82, 2.24) is 9.55 Å². The Hall–Kier alpha value is -2.20. The molecule has 1 heterocycles. The summed E-state index contributed by atoms with van der Waals surface area (Å²) in [6, 6.07) is 10.0. The number of aromatic amines is 1. The number of benzene rings is 2. The third-order valence-corrected chi connectivity index (χ3v) is 4.90. The molecule has 0 atom stereocenters. The van der Waals surface area contributed by atoms with Gasteiger partial charge in [0.25, 0.3) is 5.56 Å². The van der Waals surface area contributed by atoms with E-state index in [9.17, 15) is 9.59 Å². The van der Waals surface area contributed by atoms with E-state index in [1.165, 1.54) is 0 Å². The minimum atomic E-state index is -0.498. The Morgan fingerprint density at radius 2 is 1.96 bits per heavy atom. The number of hydrogen-bond donors (Lipinski definition) is 1. The maximum absolute atomic E-state index is 12.6. The van der Waals surface area contributed by atoms with Crippen molar-refractivity contribution in [3.63, 3.8) is 0 Å². The van der Waals surface area contributed by atoms with Crippen molar-refractivity contribution >= 4 is 45.9 Å². The van der Waals surface area contributed by atoms with E-state index >= 15 is 0 Å². The van der Waals surface area contributed by atoms with Gasteiger partial charge in [-0.05, 0) is 54.1 Å². The zero-order chi connectivity index (χ0) is 18.0. The van der Waals surface area contributed by atoms with Crippen LogP contribution in [0.4, 0.5) is 0 Å². The minimum absolute atomic E-state index is 0.195. The van der Waals surface area contributed by atoms with Crippen LogP contribution in [0.25, 0.3) is 10.9 Å². The number of fused-ring (bicyclic) bond motifs is 1. The number of hydrogen-bond acceptors (Lipinski definition) is 4. The van der Waals surface area contributed by atoms with Gasteiger partial charge in [-0.25, -0.2) is 4.79 Å². The fourth-order valence-electron chi connectivity index (χ4n) is 2.51.